The van der Waals surface area contributed by atoms with E-state index in [2.05, 4.69) is 27.4 Å². The monoisotopic (exact) mass is 323 g/mol. The fourth-order valence-corrected chi connectivity index (χ4v) is 4.32. The van der Waals surface area contributed by atoms with Crippen LogP contribution in [0.4, 0.5) is 5.69 Å². The van der Waals surface area contributed by atoms with E-state index in [-0.39, 0.29) is 11.8 Å². The maximum absolute atomic E-state index is 12.8. The van der Waals surface area contributed by atoms with Gasteiger partial charge < -0.3 is 10.2 Å². The van der Waals surface area contributed by atoms with Gasteiger partial charge in [0.2, 0.25) is 5.91 Å². The summed E-state index contributed by atoms with van der Waals surface area (Å²) in [6, 6.07) is 3.79. The Morgan fingerprint density at radius 2 is 2.29 bits per heavy atom. The topological polar surface area (TPSA) is 45.2 Å². The number of aryl methyl sites for hydroxylation is 1. The average Bonchev–Trinajstić information content (AvgIpc) is 2.94. The van der Waals surface area contributed by atoms with Gasteiger partial charge in [-0.3, -0.25) is 9.78 Å². The number of aromatic nitrogens is 1. The Bertz CT molecular complexity index is 707. The summed E-state index contributed by atoms with van der Waals surface area (Å²) in [4.78, 5) is 19.5. The Labute approximate surface area is 143 Å². The highest BCUT2D eigenvalue weighted by Crippen LogP contribution is 2.40. The van der Waals surface area contributed by atoms with Crippen LogP contribution in [0.15, 0.2) is 41.8 Å². The van der Waals surface area contributed by atoms with Gasteiger partial charge in [0.25, 0.3) is 0 Å². The van der Waals surface area contributed by atoms with E-state index in [1.807, 2.05) is 19.1 Å². The maximum atomic E-state index is 12.8. The van der Waals surface area contributed by atoms with Crippen LogP contribution in [0.25, 0.3) is 0 Å². The fourth-order valence-electron chi connectivity index (χ4n) is 4.32. The first-order chi connectivity index (χ1) is 11.7. The van der Waals surface area contributed by atoms with Crippen LogP contribution in [0, 0.1) is 18.8 Å². The third-order valence-corrected chi connectivity index (χ3v) is 5.63. The fraction of sp³-hybridized carbons (Fsp3) is 0.500. The molecule has 2 unspecified atom stereocenters. The summed E-state index contributed by atoms with van der Waals surface area (Å²) in [6.07, 6.45) is 12.3. The van der Waals surface area contributed by atoms with Crippen LogP contribution in [0.5, 0.6) is 0 Å². The highest BCUT2D eigenvalue weighted by Gasteiger charge is 2.36. The van der Waals surface area contributed by atoms with E-state index < -0.39 is 0 Å². The molecule has 4 heteroatoms. The Kier molecular flexibility index (Phi) is 4.13. The molecule has 2 atom stereocenters. The van der Waals surface area contributed by atoms with Gasteiger partial charge in [0.15, 0.2) is 0 Å². The normalized spacial score (nSPS) is 26.0. The zero-order chi connectivity index (χ0) is 16.5. The number of allylic oxidation sites excluding steroid dienone is 4. The zero-order valence-electron chi connectivity index (χ0n) is 14.3. The molecule has 0 radical (unpaired) electrons. The number of carbonyl (C=O) groups is 1. The molecule has 24 heavy (non-hydrogen) atoms. The van der Waals surface area contributed by atoms with Crippen molar-refractivity contribution in [3.63, 3.8) is 0 Å². The minimum absolute atomic E-state index is 0.0428. The minimum Gasteiger partial charge on any atom is -0.374 e. The summed E-state index contributed by atoms with van der Waals surface area (Å²) < 4.78 is 0. The van der Waals surface area contributed by atoms with Gasteiger partial charge in [-0.25, -0.2) is 0 Å². The number of hydrogen-bond donors (Lipinski definition) is 1. The minimum atomic E-state index is 0.0428. The van der Waals surface area contributed by atoms with Crippen molar-refractivity contribution in [3.8, 4) is 0 Å². The predicted octanol–water partition coefficient (Wildman–Crippen LogP) is 3.66. The van der Waals surface area contributed by atoms with Gasteiger partial charge >= 0.3 is 0 Å². The van der Waals surface area contributed by atoms with Gasteiger partial charge in [0, 0.05) is 31.4 Å². The van der Waals surface area contributed by atoms with Crippen LogP contribution < -0.4 is 5.32 Å². The maximum Gasteiger partial charge on any atom is 0.229 e. The molecule has 3 aliphatic rings. The lowest BCUT2D eigenvalue weighted by molar-refractivity contribution is -0.119. The predicted molar refractivity (Wildman–Crippen MR) is 95.4 cm³/mol. The molecule has 1 aromatic heterocycles. The average molecular weight is 323 g/mol. The second-order valence-corrected chi connectivity index (χ2v) is 7.19. The summed E-state index contributed by atoms with van der Waals surface area (Å²) in [5, 5.41) is 3.08. The van der Waals surface area contributed by atoms with E-state index in [4.69, 9.17) is 0 Å². The lowest BCUT2D eigenvalue weighted by atomic mass is 9.84. The van der Waals surface area contributed by atoms with Crippen molar-refractivity contribution in [2.45, 2.75) is 39.0 Å². The molecule has 126 valence electrons. The molecule has 1 aliphatic carbocycles. The molecule has 1 amide bonds. The van der Waals surface area contributed by atoms with Crippen LogP contribution in [0.3, 0.4) is 0 Å². The van der Waals surface area contributed by atoms with Crippen LogP contribution in [-0.2, 0) is 4.79 Å². The zero-order valence-corrected chi connectivity index (χ0v) is 14.3. The molecule has 4 nitrogen and oxygen atoms in total. The Morgan fingerprint density at radius 1 is 1.38 bits per heavy atom. The smallest absolute Gasteiger partial charge is 0.229 e. The summed E-state index contributed by atoms with van der Waals surface area (Å²) in [7, 11) is 0. The summed E-state index contributed by atoms with van der Waals surface area (Å²) in [5.41, 5.74) is 4.64. The first-order valence-electron chi connectivity index (χ1n) is 9.09. The first-order valence-corrected chi connectivity index (χ1v) is 9.09. The summed E-state index contributed by atoms with van der Waals surface area (Å²) in [6.45, 7) is 3.88. The number of nitrogens with one attached hydrogen (secondary N) is 1. The Hall–Kier alpha value is -2.10. The number of amides is 1. The second kappa shape index (κ2) is 6.42. The third-order valence-electron chi connectivity index (χ3n) is 5.63. The highest BCUT2D eigenvalue weighted by atomic mass is 16.1. The Balaban J connectivity index is 1.54. The van der Waals surface area contributed by atoms with Gasteiger partial charge in [-0.2, -0.15) is 0 Å². The third kappa shape index (κ3) is 2.85. The van der Waals surface area contributed by atoms with Gasteiger partial charge in [0.1, 0.15) is 0 Å². The van der Waals surface area contributed by atoms with Crippen molar-refractivity contribution >= 4 is 11.6 Å². The quantitative estimate of drug-likeness (QED) is 0.903. The number of fused-ring (bicyclic) bond motifs is 2. The van der Waals surface area contributed by atoms with Gasteiger partial charge in [-0.05, 0) is 56.2 Å². The van der Waals surface area contributed by atoms with Crippen LogP contribution >= 0.6 is 0 Å². The second-order valence-electron chi connectivity index (χ2n) is 7.19. The molecule has 1 fully saturated rings. The lowest BCUT2D eigenvalue weighted by Gasteiger charge is -2.23. The molecule has 2 aliphatic heterocycles. The van der Waals surface area contributed by atoms with Gasteiger partial charge in [0.05, 0.1) is 17.3 Å². The standard InChI is InChI=1S/C20H25N3O/c1-14-18(9-4-10-21-14)22-20(24)16-12-19-17-8-3-2-6-15(17)7-5-11-23(19)13-16/h3-4,8-10,15-16H,2,5-7,11-13H2,1H3,(H,22,24). The van der Waals surface area contributed by atoms with Crippen molar-refractivity contribution < 1.29 is 4.79 Å². The molecule has 1 aromatic rings. The Morgan fingerprint density at radius 3 is 3.17 bits per heavy atom. The molecular weight excluding hydrogens is 298 g/mol. The van der Waals surface area contributed by atoms with Crippen molar-refractivity contribution in [1.29, 1.82) is 0 Å². The first kappa shape index (κ1) is 15.4. The molecule has 1 N–H and O–H groups in total. The van der Waals surface area contributed by atoms with Crippen LogP contribution in [0.2, 0.25) is 0 Å². The van der Waals surface area contributed by atoms with E-state index in [0.29, 0.717) is 5.92 Å². The molecule has 3 heterocycles. The van der Waals surface area contributed by atoms with E-state index in [9.17, 15) is 4.79 Å². The molecule has 0 bridgehead atoms. The van der Waals surface area contributed by atoms with Crippen molar-refractivity contribution in [3.05, 3.63) is 47.4 Å². The number of rotatable bonds is 2. The van der Waals surface area contributed by atoms with Gasteiger partial charge in [-0.15, -0.1) is 0 Å². The van der Waals surface area contributed by atoms with E-state index in [0.717, 1.165) is 30.9 Å². The van der Waals surface area contributed by atoms with E-state index in [1.165, 1.54) is 37.0 Å². The van der Waals surface area contributed by atoms with Crippen LogP contribution in [-0.4, -0.2) is 28.9 Å². The van der Waals surface area contributed by atoms with Gasteiger partial charge in [-0.1, -0.05) is 12.2 Å². The molecular formula is C20H25N3O. The number of anilines is 1. The molecule has 0 saturated carbocycles. The number of nitrogens with zero attached hydrogens (tertiary/aromatic N) is 2. The summed E-state index contributed by atoms with van der Waals surface area (Å²) in [5.74, 6) is 0.877. The SMILES string of the molecule is Cc1ncccc1NC(=O)C1CC2=C3C=CCCC3CCCN2C1. The summed E-state index contributed by atoms with van der Waals surface area (Å²) >= 11 is 0. The highest BCUT2D eigenvalue weighted by molar-refractivity contribution is 5.93. The lowest BCUT2D eigenvalue weighted by Crippen LogP contribution is -2.27. The largest absolute Gasteiger partial charge is 0.374 e. The van der Waals surface area contributed by atoms with Crippen molar-refractivity contribution in [2.75, 3.05) is 18.4 Å². The number of carbonyl (C=O) groups excluding carboxylic acids is 1. The van der Waals surface area contributed by atoms with E-state index >= 15 is 0 Å². The molecule has 1 saturated heterocycles. The molecule has 0 aromatic carbocycles. The van der Waals surface area contributed by atoms with E-state index in [1.54, 1.807) is 6.20 Å². The molecule has 4 rings (SSSR count). The molecule has 0 spiro atoms. The van der Waals surface area contributed by atoms with Crippen LogP contribution in [0.1, 0.15) is 37.8 Å². The van der Waals surface area contributed by atoms with Crippen molar-refractivity contribution in [1.82, 2.24) is 9.88 Å². The van der Waals surface area contributed by atoms with Crippen molar-refractivity contribution in [2.24, 2.45) is 11.8 Å². The number of hydrogen-bond acceptors (Lipinski definition) is 3. The number of pyridine rings is 1.